The van der Waals surface area contributed by atoms with Gasteiger partial charge in [0.05, 0.1) is 6.61 Å². The molecule has 0 fully saturated rings. The van der Waals surface area contributed by atoms with Gasteiger partial charge in [-0.15, -0.1) is 0 Å². The molecule has 3 heteroatoms. The first kappa shape index (κ1) is 10.3. The number of carbonyl (C=O) groups is 1. The molecule has 14 heavy (non-hydrogen) atoms. The van der Waals surface area contributed by atoms with E-state index in [9.17, 15) is 4.79 Å². The van der Waals surface area contributed by atoms with Crippen molar-refractivity contribution in [2.45, 2.75) is 6.92 Å². The van der Waals surface area contributed by atoms with Crippen LogP contribution in [0.4, 0.5) is 0 Å². The zero-order valence-electron chi connectivity index (χ0n) is 8.07. The van der Waals surface area contributed by atoms with E-state index in [1.165, 1.54) is 6.08 Å². The molecule has 3 nitrogen and oxygen atoms in total. The molecule has 0 saturated carbocycles. The van der Waals surface area contributed by atoms with E-state index < -0.39 is 5.91 Å². The van der Waals surface area contributed by atoms with Gasteiger partial charge < -0.3 is 10.5 Å². The summed E-state index contributed by atoms with van der Waals surface area (Å²) in [5.74, 6) is 0.295. The summed E-state index contributed by atoms with van der Waals surface area (Å²) in [7, 11) is 0. The van der Waals surface area contributed by atoms with Crippen LogP contribution in [-0.4, -0.2) is 12.5 Å². The third-order valence-electron chi connectivity index (χ3n) is 1.65. The van der Waals surface area contributed by atoms with Crippen molar-refractivity contribution >= 4 is 12.0 Å². The lowest BCUT2D eigenvalue weighted by Crippen LogP contribution is -2.05. The largest absolute Gasteiger partial charge is 0.493 e. The van der Waals surface area contributed by atoms with Crippen molar-refractivity contribution in [2.24, 2.45) is 5.73 Å². The minimum atomic E-state index is -0.462. The summed E-state index contributed by atoms with van der Waals surface area (Å²) >= 11 is 0. The Hall–Kier alpha value is -1.77. The van der Waals surface area contributed by atoms with Crippen molar-refractivity contribution in [3.8, 4) is 5.75 Å². The van der Waals surface area contributed by atoms with Gasteiger partial charge in [-0.1, -0.05) is 18.2 Å². The van der Waals surface area contributed by atoms with Crippen LogP contribution in [0.15, 0.2) is 30.3 Å². The maximum atomic E-state index is 10.5. The van der Waals surface area contributed by atoms with Gasteiger partial charge in [0.15, 0.2) is 0 Å². The lowest BCUT2D eigenvalue weighted by Gasteiger charge is -2.05. The first-order valence-corrected chi connectivity index (χ1v) is 4.43. The molecular weight excluding hydrogens is 178 g/mol. The highest BCUT2D eigenvalue weighted by atomic mass is 16.5. The van der Waals surface area contributed by atoms with Crippen LogP contribution in [-0.2, 0) is 4.79 Å². The van der Waals surface area contributed by atoms with E-state index in [-0.39, 0.29) is 0 Å². The predicted molar refractivity (Wildman–Crippen MR) is 55.8 cm³/mol. The summed E-state index contributed by atoms with van der Waals surface area (Å²) in [5.41, 5.74) is 5.85. The minimum Gasteiger partial charge on any atom is -0.493 e. The average molecular weight is 191 g/mol. The molecule has 0 bridgehead atoms. The monoisotopic (exact) mass is 191 g/mol. The standard InChI is InChI=1S/C11H13NO2/c1-2-14-10-6-4-3-5-9(10)7-8-11(12)13/h3-8H,2H2,1H3,(H2,12,13). The molecule has 0 saturated heterocycles. The lowest BCUT2D eigenvalue weighted by atomic mass is 10.2. The molecule has 0 unspecified atom stereocenters. The van der Waals surface area contributed by atoms with E-state index in [4.69, 9.17) is 10.5 Å². The van der Waals surface area contributed by atoms with Crippen molar-refractivity contribution in [1.82, 2.24) is 0 Å². The van der Waals surface area contributed by atoms with Gasteiger partial charge in [0.2, 0.25) is 5.91 Å². The number of hydrogen-bond donors (Lipinski definition) is 1. The van der Waals surface area contributed by atoms with Crippen LogP contribution in [0, 0.1) is 0 Å². The fourth-order valence-electron chi connectivity index (χ4n) is 1.08. The van der Waals surface area contributed by atoms with E-state index in [0.29, 0.717) is 6.61 Å². The van der Waals surface area contributed by atoms with Crippen LogP contribution >= 0.6 is 0 Å². The fraction of sp³-hybridized carbons (Fsp3) is 0.182. The van der Waals surface area contributed by atoms with Gasteiger partial charge >= 0.3 is 0 Å². The van der Waals surface area contributed by atoms with Gasteiger partial charge in [0.1, 0.15) is 5.75 Å². The first-order valence-electron chi connectivity index (χ1n) is 4.43. The topological polar surface area (TPSA) is 52.3 Å². The highest BCUT2D eigenvalue weighted by Gasteiger charge is 1.97. The van der Waals surface area contributed by atoms with Crippen molar-refractivity contribution in [3.63, 3.8) is 0 Å². The Kier molecular flexibility index (Phi) is 3.73. The minimum absolute atomic E-state index is 0.462. The SMILES string of the molecule is CCOc1ccccc1C=CC(N)=O. The number of para-hydroxylation sites is 1. The molecule has 1 rings (SSSR count). The third-order valence-corrected chi connectivity index (χ3v) is 1.65. The Bertz CT molecular complexity index is 345. The van der Waals surface area contributed by atoms with E-state index in [1.807, 2.05) is 31.2 Å². The van der Waals surface area contributed by atoms with Crippen LogP contribution in [0.1, 0.15) is 12.5 Å². The molecule has 1 amide bonds. The van der Waals surface area contributed by atoms with Gasteiger partial charge in [-0.05, 0) is 19.1 Å². The molecule has 2 N–H and O–H groups in total. The Labute approximate surface area is 83.2 Å². The molecule has 0 spiro atoms. The first-order chi connectivity index (χ1) is 6.74. The fourth-order valence-corrected chi connectivity index (χ4v) is 1.08. The molecule has 0 atom stereocenters. The van der Waals surface area contributed by atoms with Crippen molar-refractivity contribution in [1.29, 1.82) is 0 Å². The molecule has 0 heterocycles. The molecule has 0 aliphatic heterocycles. The second-order valence-electron chi connectivity index (χ2n) is 2.71. The second kappa shape index (κ2) is 5.07. The predicted octanol–water partition coefficient (Wildman–Crippen LogP) is 1.58. The van der Waals surface area contributed by atoms with Gasteiger partial charge in [0, 0.05) is 11.6 Å². The van der Waals surface area contributed by atoms with Crippen molar-refractivity contribution in [3.05, 3.63) is 35.9 Å². The maximum Gasteiger partial charge on any atom is 0.241 e. The second-order valence-corrected chi connectivity index (χ2v) is 2.71. The molecule has 0 radical (unpaired) electrons. The van der Waals surface area contributed by atoms with Gasteiger partial charge in [-0.3, -0.25) is 4.79 Å². The zero-order valence-corrected chi connectivity index (χ0v) is 8.07. The number of carbonyl (C=O) groups excluding carboxylic acids is 1. The summed E-state index contributed by atoms with van der Waals surface area (Å²) in [6.07, 6.45) is 2.96. The number of nitrogens with two attached hydrogens (primary N) is 1. The van der Waals surface area contributed by atoms with E-state index in [1.54, 1.807) is 6.08 Å². The van der Waals surface area contributed by atoms with E-state index in [0.717, 1.165) is 11.3 Å². The molecule has 0 aliphatic rings. The molecule has 0 aliphatic carbocycles. The maximum absolute atomic E-state index is 10.5. The Morgan fingerprint density at radius 1 is 1.50 bits per heavy atom. The number of primary amides is 1. The average Bonchev–Trinajstić information content (AvgIpc) is 2.17. The molecular formula is C11H13NO2. The van der Waals surface area contributed by atoms with E-state index in [2.05, 4.69) is 0 Å². The van der Waals surface area contributed by atoms with Gasteiger partial charge in [-0.2, -0.15) is 0 Å². The molecule has 1 aromatic carbocycles. The summed E-state index contributed by atoms with van der Waals surface area (Å²) in [6, 6.07) is 7.48. The Morgan fingerprint density at radius 3 is 2.86 bits per heavy atom. The lowest BCUT2D eigenvalue weighted by molar-refractivity contribution is -0.113. The van der Waals surface area contributed by atoms with Crippen molar-refractivity contribution < 1.29 is 9.53 Å². The van der Waals surface area contributed by atoms with Crippen LogP contribution in [0.2, 0.25) is 0 Å². The summed E-state index contributed by atoms with van der Waals surface area (Å²) in [5, 5.41) is 0. The number of rotatable bonds is 4. The van der Waals surface area contributed by atoms with Crippen LogP contribution < -0.4 is 10.5 Å². The normalized spacial score (nSPS) is 10.4. The third kappa shape index (κ3) is 2.94. The quantitative estimate of drug-likeness (QED) is 0.734. The molecule has 74 valence electrons. The summed E-state index contributed by atoms with van der Waals surface area (Å²) in [4.78, 5) is 10.5. The van der Waals surface area contributed by atoms with Gasteiger partial charge in [-0.25, -0.2) is 0 Å². The summed E-state index contributed by atoms with van der Waals surface area (Å²) < 4.78 is 5.37. The molecule has 1 aromatic rings. The van der Waals surface area contributed by atoms with Crippen LogP contribution in [0.5, 0.6) is 5.75 Å². The summed E-state index contributed by atoms with van der Waals surface area (Å²) in [6.45, 7) is 2.51. The number of benzene rings is 1. The van der Waals surface area contributed by atoms with Crippen LogP contribution in [0.3, 0.4) is 0 Å². The van der Waals surface area contributed by atoms with Gasteiger partial charge in [0.25, 0.3) is 0 Å². The smallest absolute Gasteiger partial charge is 0.241 e. The Morgan fingerprint density at radius 2 is 2.21 bits per heavy atom. The number of ether oxygens (including phenoxy) is 1. The van der Waals surface area contributed by atoms with Crippen molar-refractivity contribution in [2.75, 3.05) is 6.61 Å². The highest BCUT2D eigenvalue weighted by molar-refractivity contribution is 5.90. The van der Waals surface area contributed by atoms with E-state index >= 15 is 0 Å². The molecule has 0 aromatic heterocycles. The number of amides is 1. The highest BCUT2D eigenvalue weighted by Crippen LogP contribution is 2.18. The number of hydrogen-bond acceptors (Lipinski definition) is 2. The Balaban J connectivity index is 2.89. The van der Waals surface area contributed by atoms with Crippen LogP contribution in [0.25, 0.3) is 6.08 Å². The zero-order chi connectivity index (χ0) is 10.4.